The van der Waals surface area contributed by atoms with E-state index in [1.165, 1.54) is 25.9 Å². The zero-order valence-corrected chi connectivity index (χ0v) is 17.9. The number of piperidine rings is 3. The van der Waals surface area contributed by atoms with Crippen LogP contribution in [0.15, 0.2) is 52.4 Å². The molecule has 1 aromatic heterocycles. The first-order valence-electron chi connectivity index (χ1n) is 10.8. The molecule has 1 unspecified atom stereocenters. The molecule has 5 heterocycles. The monoisotopic (exact) mass is 424 g/mol. The van der Waals surface area contributed by atoms with Gasteiger partial charge in [-0.15, -0.1) is 0 Å². The Morgan fingerprint density at radius 3 is 2.73 bits per heavy atom. The maximum absolute atomic E-state index is 12.8. The molecule has 1 aromatic carbocycles. The molecule has 6 nitrogen and oxygen atoms in total. The summed E-state index contributed by atoms with van der Waals surface area (Å²) in [6.07, 6.45) is 4.24. The summed E-state index contributed by atoms with van der Waals surface area (Å²) >= 11 is 1.68. The van der Waals surface area contributed by atoms with Crippen LogP contribution in [0.3, 0.4) is 0 Å². The highest BCUT2D eigenvalue weighted by atomic mass is 32.2. The average molecular weight is 425 g/mol. The van der Waals surface area contributed by atoms with Crippen LogP contribution in [-0.2, 0) is 4.74 Å². The average Bonchev–Trinajstić information content (AvgIpc) is 2.81. The fourth-order valence-corrected chi connectivity index (χ4v) is 5.65. The maximum Gasteiger partial charge on any atom is 0.251 e. The number of rotatable bonds is 5. The van der Waals surface area contributed by atoms with Crippen molar-refractivity contribution in [2.24, 2.45) is 5.92 Å². The molecule has 0 radical (unpaired) electrons. The minimum Gasteiger partial charge on any atom is -0.378 e. The molecule has 30 heavy (non-hydrogen) atoms. The van der Waals surface area contributed by atoms with E-state index in [4.69, 9.17) is 4.74 Å². The van der Waals surface area contributed by atoms with Gasteiger partial charge in [0.2, 0.25) is 0 Å². The van der Waals surface area contributed by atoms with E-state index in [-0.39, 0.29) is 18.0 Å². The largest absolute Gasteiger partial charge is 0.378 e. The molecular weight excluding hydrogens is 396 g/mol. The van der Waals surface area contributed by atoms with Crippen LogP contribution in [-0.4, -0.2) is 61.2 Å². The molecule has 2 N–H and O–H groups in total. The van der Waals surface area contributed by atoms with Gasteiger partial charge in [0.25, 0.3) is 5.91 Å². The van der Waals surface area contributed by atoms with Crippen LogP contribution >= 0.6 is 11.8 Å². The highest BCUT2D eigenvalue weighted by Crippen LogP contribution is 2.33. The Hall–Kier alpha value is -1.93. The number of hydrogen-bond donors (Lipinski definition) is 2. The summed E-state index contributed by atoms with van der Waals surface area (Å²) in [5.74, 6) is 0.672. The molecule has 4 fully saturated rings. The van der Waals surface area contributed by atoms with Gasteiger partial charge in [0.15, 0.2) is 0 Å². The fourth-order valence-electron chi connectivity index (χ4n) is 4.67. The van der Waals surface area contributed by atoms with E-state index in [1.54, 1.807) is 11.8 Å². The van der Waals surface area contributed by atoms with Crippen molar-refractivity contribution in [3.05, 3.63) is 53.9 Å². The van der Waals surface area contributed by atoms with Gasteiger partial charge >= 0.3 is 0 Å². The SMILES string of the molecule is O=C(N[C@H]1CN2CCC1CC2)c1ccc(Sc2cccnc2C2COCCN2)cc1. The number of carbonyl (C=O) groups excluding carboxylic acids is 1. The summed E-state index contributed by atoms with van der Waals surface area (Å²) in [6, 6.07) is 12.4. The molecular formula is C23H28N4O2S. The first-order valence-corrected chi connectivity index (χ1v) is 11.6. The molecule has 4 aliphatic heterocycles. The molecule has 2 bridgehead atoms. The topological polar surface area (TPSA) is 66.5 Å². The smallest absolute Gasteiger partial charge is 0.251 e. The number of nitrogens with one attached hydrogen (secondary N) is 2. The highest BCUT2D eigenvalue weighted by Gasteiger charge is 2.34. The number of morpholine rings is 1. The van der Waals surface area contributed by atoms with Crippen molar-refractivity contribution < 1.29 is 9.53 Å². The standard InChI is InChI=1S/C23H28N4O2S/c28-23(26-19-14-27-11-7-16(19)8-12-27)17-3-5-18(6-4-17)30-21-2-1-9-25-22(21)20-15-29-13-10-24-20/h1-6,9,16,19-20,24H,7-8,10-15H2,(H,26,28)/t19-,20?/m0/s1. The Morgan fingerprint density at radius 1 is 1.20 bits per heavy atom. The number of carbonyl (C=O) groups is 1. The molecule has 7 heteroatoms. The summed E-state index contributed by atoms with van der Waals surface area (Å²) in [6.45, 7) is 5.59. The second-order valence-corrected chi connectivity index (χ2v) is 9.43. The van der Waals surface area contributed by atoms with Gasteiger partial charge < -0.3 is 20.3 Å². The Balaban J connectivity index is 1.24. The van der Waals surface area contributed by atoms with Gasteiger partial charge in [-0.1, -0.05) is 11.8 Å². The van der Waals surface area contributed by atoms with Gasteiger partial charge in [0.1, 0.15) is 0 Å². The van der Waals surface area contributed by atoms with E-state index in [2.05, 4.69) is 26.6 Å². The van der Waals surface area contributed by atoms with E-state index in [0.717, 1.165) is 40.7 Å². The van der Waals surface area contributed by atoms with Crippen molar-refractivity contribution in [3.63, 3.8) is 0 Å². The lowest BCUT2D eigenvalue weighted by Gasteiger charge is -2.44. The molecule has 0 spiro atoms. The third kappa shape index (κ3) is 4.39. The van der Waals surface area contributed by atoms with E-state index in [0.29, 0.717) is 12.5 Å². The molecule has 1 amide bonds. The van der Waals surface area contributed by atoms with Crippen LogP contribution in [0.5, 0.6) is 0 Å². The van der Waals surface area contributed by atoms with Gasteiger partial charge in [-0.05, 0) is 68.2 Å². The van der Waals surface area contributed by atoms with Crippen LogP contribution in [0, 0.1) is 5.92 Å². The highest BCUT2D eigenvalue weighted by molar-refractivity contribution is 7.99. The van der Waals surface area contributed by atoms with Gasteiger partial charge in [-0.2, -0.15) is 0 Å². The lowest BCUT2D eigenvalue weighted by molar-refractivity contribution is 0.0620. The number of hydrogen-bond acceptors (Lipinski definition) is 6. The molecule has 2 aromatic rings. The third-order valence-electron chi connectivity index (χ3n) is 6.37. The Bertz CT molecular complexity index is 877. The summed E-state index contributed by atoms with van der Waals surface area (Å²) in [5.41, 5.74) is 1.75. The molecule has 2 atom stereocenters. The minimum atomic E-state index is 0.0379. The van der Waals surface area contributed by atoms with Gasteiger partial charge in [0, 0.05) is 40.7 Å². The van der Waals surface area contributed by atoms with Crippen molar-refractivity contribution in [2.75, 3.05) is 39.4 Å². The zero-order valence-electron chi connectivity index (χ0n) is 17.0. The Kier molecular flexibility index (Phi) is 6.04. The number of fused-ring (bicyclic) bond motifs is 3. The number of pyridine rings is 1. The number of amides is 1. The first kappa shape index (κ1) is 20.0. The lowest BCUT2D eigenvalue weighted by Crippen LogP contribution is -2.57. The molecule has 4 saturated heterocycles. The van der Waals surface area contributed by atoms with Crippen LogP contribution in [0.2, 0.25) is 0 Å². The molecule has 4 aliphatic rings. The quantitative estimate of drug-likeness (QED) is 0.769. The van der Waals surface area contributed by atoms with Crippen LogP contribution in [0.25, 0.3) is 0 Å². The lowest BCUT2D eigenvalue weighted by atomic mass is 9.84. The second kappa shape index (κ2) is 9.06. The summed E-state index contributed by atoms with van der Waals surface area (Å²) in [4.78, 5) is 22.0. The maximum atomic E-state index is 12.8. The third-order valence-corrected chi connectivity index (χ3v) is 7.44. The normalized spacial score (nSPS) is 28.3. The van der Waals surface area contributed by atoms with Crippen molar-refractivity contribution in [1.82, 2.24) is 20.5 Å². The van der Waals surface area contributed by atoms with Crippen molar-refractivity contribution in [3.8, 4) is 0 Å². The summed E-state index contributed by atoms with van der Waals surface area (Å²) < 4.78 is 5.61. The predicted molar refractivity (Wildman–Crippen MR) is 117 cm³/mol. The summed E-state index contributed by atoms with van der Waals surface area (Å²) in [7, 11) is 0. The molecule has 158 valence electrons. The Labute approximate surface area is 181 Å². The van der Waals surface area contributed by atoms with E-state index < -0.39 is 0 Å². The predicted octanol–water partition coefficient (Wildman–Crippen LogP) is 2.72. The van der Waals surface area contributed by atoms with Gasteiger partial charge in [-0.25, -0.2) is 0 Å². The van der Waals surface area contributed by atoms with Crippen molar-refractivity contribution in [1.29, 1.82) is 0 Å². The minimum absolute atomic E-state index is 0.0379. The Morgan fingerprint density at radius 2 is 2.03 bits per heavy atom. The number of benzene rings is 1. The van der Waals surface area contributed by atoms with E-state index >= 15 is 0 Å². The molecule has 0 aliphatic carbocycles. The number of ether oxygens (including phenoxy) is 1. The van der Waals surface area contributed by atoms with Crippen LogP contribution < -0.4 is 10.6 Å². The van der Waals surface area contributed by atoms with Crippen molar-refractivity contribution in [2.45, 2.75) is 34.7 Å². The first-order chi connectivity index (χ1) is 14.8. The fraction of sp³-hybridized carbons (Fsp3) is 0.478. The van der Waals surface area contributed by atoms with Crippen LogP contribution in [0.1, 0.15) is 34.9 Å². The van der Waals surface area contributed by atoms with E-state index in [1.807, 2.05) is 36.5 Å². The molecule has 0 saturated carbocycles. The van der Waals surface area contributed by atoms with Crippen LogP contribution in [0.4, 0.5) is 0 Å². The van der Waals surface area contributed by atoms with Gasteiger partial charge in [-0.3, -0.25) is 9.78 Å². The number of nitrogens with zero attached hydrogens (tertiary/aromatic N) is 2. The zero-order chi connectivity index (χ0) is 20.3. The van der Waals surface area contributed by atoms with E-state index in [9.17, 15) is 4.79 Å². The summed E-state index contributed by atoms with van der Waals surface area (Å²) in [5, 5.41) is 6.75. The van der Waals surface area contributed by atoms with Crippen molar-refractivity contribution >= 4 is 17.7 Å². The number of aromatic nitrogens is 1. The van der Waals surface area contributed by atoms with Gasteiger partial charge in [0.05, 0.1) is 24.9 Å². The second-order valence-electron chi connectivity index (χ2n) is 8.31. The molecule has 6 rings (SSSR count).